The number of furan rings is 1. The maximum absolute atomic E-state index is 11.4. The van der Waals surface area contributed by atoms with Crippen molar-refractivity contribution >= 4 is 17.7 Å². The molecule has 1 aromatic heterocycles. The summed E-state index contributed by atoms with van der Waals surface area (Å²) < 4.78 is 4.84. The predicted molar refractivity (Wildman–Crippen MR) is 47.7 cm³/mol. The summed E-state index contributed by atoms with van der Waals surface area (Å²) in [5, 5.41) is 4.49. The first-order valence-corrected chi connectivity index (χ1v) is 4.35. The van der Waals surface area contributed by atoms with Crippen molar-refractivity contribution in [3.05, 3.63) is 24.2 Å². The molecule has 6 nitrogen and oxygen atoms in total. The Hall–Kier alpha value is -2.11. The highest BCUT2D eigenvalue weighted by Crippen LogP contribution is 2.04. The Kier molecular flexibility index (Phi) is 2.24. The molecule has 1 aliphatic rings. The molecule has 2 rings (SSSR count). The molecule has 2 heterocycles. The lowest BCUT2D eigenvalue weighted by Crippen LogP contribution is -2.40. The van der Waals surface area contributed by atoms with Crippen molar-refractivity contribution in [3.63, 3.8) is 0 Å². The highest BCUT2D eigenvalue weighted by Gasteiger charge is 2.32. The minimum atomic E-state index is -0.796. The fourth-order valence-electron chi connectivity index (χ4n) is 1.31. The van der Waals surface area contributed by atoms with Gasteiger partial charge in [-0.1, -0.05) is 0 Å². The molecule has 0 saturated carbocycles. The van der Waals surface area contributed by atoms with Gasteiger partial charge in [0.25, 0.3) is 5.91 Å². The molecular weight excluding hydrogens is 200 g/mol. The monoisotopic (exact) mass is 208 g/mol. The first-order valence-electron chi connectivity index (χ1n) is 4.35. The van der Waals surface area contributed by atoms with Crippen LogP contribution in [0.25, 0.3) is 0 Å². The second-order valence-electron chi connectivity index (χ2n) is 3.12. The van der Waals surface area contributed by atoms with Crippen molar-refractivity contribution in [2.75, 3.05) is 0 Å². The second kappa shape index (κ2) is 3.56. The first kappa shape index (κ1) is 9.45. The third kappa shape index (κ3) is 1.88. The van der Waals surface area contributed by atoms with E-state index >= 15 is 0 Å². The van der Waals surface area contributed by atoms with Gasteiger partial charge in [-0.3, -0.25) is 19.7 Å². The molecule has 0 radical (unpaired) electrons. The van der Waals surface area contributed by atoms with Crippen molar-refractivity contribution in [2.24, 2.45) is 0 Å². The third-order valence-corrected chi connectivity index (χ3v) is 2.02. The van der Waals surface area contributed by atoms with Crippen LogP contribution in [0.15, 0.2) is 22.8 Å². The number of carbonyl (C=O) groups is 3. The van der Waals surface area contributed by atoms with Crippen molar-refractivity contribution in [3.8, 4) is 0 Å². The van der Waals surface area contributed by atoms with Crippen LogP contribution in [0.4, 0.5) is 0 Å². The average Bonchev–Trinajstić information content (AvgIpc) is 2.76. The van der Waals surface area contributed by atoms with Gasteiger partial charge in [0.05, 0.1) is 12.7 Å². The Bertz CT molecular complexity index is 410. The SMILES string of the molecule is O=C1CC(NC(=O)c2ccco2)C(=O)N1. The van der Waals surface area contributed by atoms with E-state index < -0.39 is 17.9 Å². The lowest BCUT2D eigenvalue weighted by atomic mass is 10.2. The predicted octanol–water partition coefficient (Wildman–Crippen LogP) is -0.576. The molecule has 1 unspecified atom stereocenters. The zero-order chi connectivity index (χ0) is 10.8. The molecule has 2 N–H and O–H groups in total. The van der Waals surface area contributed by atoms with Crippen molar-refractivity contribution < 1.29 is 18.8 Å². The summed E-state index contributed by atoms with van der Waals surface area (Å²) in [5.41, 5.74) is 0. The second-order valence-corrected chi connectivity index (χ2v) is 3.12. The Labute approximate surface area is 84.6 Å². The molecular formula is C9H8N2O4. The number of imide groups is 1. The largest absolute Gasteiger partial charge is 0.459 e. The molecule has 15 heavy (non-hydrogen) atoms. The van der Waals surface area contributed by atoms with E-state index in [2.05, 4.69) is 10.6 Å². The van der Waals surface area contributed by atoms with E-state index in [1.54, 1.807) is 6.07 Å². The highest BCUT2D eigenvalue weighted by atomic mass is 16.3. The summed E-state index contributed by atoms with van der Waals surface area (Å²) in [5.74, 6) is -1.26. The molecule has 1 atom stereocenters. The molecule has 1 aliphatic heterocycles. The van der Waals surface area contributed by atoms with Crippen LogP contribution in [0.1, 0.15) is 17.0 Å². The van der Waals surface area contributed by atoms with Gasteiger partial charge >= 0.3 is 0 Å². The Morgan fingerprint density at radius 2 is 2.33 bits per heavy atom. The zero-order valence-corrected chi connectivity index (χ0v) is 7.65. The maximum Gasteiger partial charge on any atom is 0.287 e. The van der Waals surface area contributed by atoms with E-state index in [0.717, 1.165) is 0 Å². The molecule has 0 aromatic carbocycles. The van der Waals surface area contributed by atoms with Gasteiger partial charge in [-0.25, -0.2) is 0 Å². The summed E-state index contributed by atoms with van der Waals surface area (Å²) in [7, 11) is 0. The van der Waals surface area contributed by atoms with Crippen LogP contribution in [0.2, 0.25) is 0 Å². The Morgan fingerprint density at radius 1 is 1.53 bits per heavy atom. The van der Waals surface area contributed by atoms with Gasteiger partial charge in [0.2, 0.25) is 11.8 Å². The third-order valence-electron chi connectivity index (χ3n) is 2.02. The minimum absolute atomic E-state index is 0.0225. The van der Waals surface area contributed by atoms with Crippen LogP contribution >= 0.6 is 0 Å². The highest BCUT2D eigenvalue weighted by molar-refractivity contribution is 6.07. The number of carbonyl (C=O) groups excluding carboxylic acids is 3. The summed E-state index contributed by atoms with van der Waals surface area (Å²) in [4.78, 5) is 33.4. The maximum atomic E-state index is 11.4. The van der Waals surface area contributed by atoms with Crippen LogP contribution in [-0.4, -0.2) is 23.8 Å². The van der Waals surface area contributed by atoms with E-state index in [1.165, 1.54) is 12.3 Å². The van der Waals surface area contributed by atoms with Gasteiger partial charge in [-0.2, -0.15) is 0 Å². The fourth-order valence-corrected chi connectivity index (χ4v) is 1.31. The smallest absolute Gasteiger partial charge is 0.287 e. The summed E-state index contributed by atoms with van der Waals surface area (Å²) >= 11 is 0. The van der Waals surface area contributed by atoms with Crippen molar-refractivity contribution in [1.82, 2.24) is 10.6 Å². The first-order chi connectivity index (χ1) is 7.16. The number of nitrogens with one attached hydrogen (secondary N) is 2. The van der Waals surface area contributed by atoms with Crippen LogP contribution in [0.5, 0.6) is 0 Å². The number of hydrogen-bond acceptors (Lipinski definition) is 4. The summed E-state index contributed by atoms with van der Waals surface area (Å²) in [6.07, 6.45) is 1.33. The molecule has 3 amide bonds. The number of hydrogen-bond donors (Lipinski definition) is 2. The standard InChI is InChI=1S/C9H8N2O4/c12-7-4-5(8(13)11-7)10-9(14)6-2-1-3-15-6/h1-3,5H,4H2,(H,10,14)(H,11,12,13). The molecule has 1 fully saturated rings. The lowest BCUT2D eigenvalue weighted by Gasteiger charge is -2.06. The lowest BCUT2D eigenvalue weighted by molar-refractivity contribution is -0.125. The molecule has 6 heteroatoms. The molecule has 1 saturated heterocycles. The van der Waals surface area contributed by atoms with Gasteiger partial charge in [-0.15, -0.1) is 0 Å². The Balaban J connectivity index is 2.01. The molecule has 0 bridgehead atoms. The van der Waals surface area contributed by atoms with Crippen LogP contribution < -0.4 is 10.6 Å². The van der Waals surface area contributed by atoms with Gasteiger partial charge in [0.1, 0.15) is 6.04 Å². The fraction of sp³-hybridized carbons (Fsp3) is 0.222. The van der Waals surface area contributed by atoms with E-state index in [4.69, 9.17) is 4.42 Å². The van der Waals surface area contributed by atoms with Gasteiger partial charge in [0, 0.05) is 0 Å². The van der Waals surface area contributed by atoms with E-state index in [0.29, 0.717) is 0 Å². The summed E-state index contributed by atoms with van der Waals surface area (Å²) in [6, 6.07) is 2.24. The van der Waals surface area contributed by atoms with Crippen LogP contribution in [-0.2, 0) is 9.59 Å². The molecule has 0 aliphatic carbocycles. The van der Waals surface area contributed by atoms with E-state index in [-0.39, 0.29) is 18.1 Å². The molecule has 1 aromatic rings. The zero-order valence-electron chi connectivity index (χ0n) is 7.65. The van der Waals surface area contributed by atoms with Crippen LogP contribution in [0, 0.1) is 0 Å². The minimum Gasteiger partial charge on any atom is -0.459 e. The van der Waals surface area contributed by atoms with Crippen molar-refractivity contribution in [2.45, 2.75) is 12.5 Å². The normalized spacial score (nSPS) is 20.1. The average molecular weight is 208 g/mol. The number of rotatable bonds is 2. The number of amides is 3. The molecule has 0 spiro atoms. The van der Waals surface area contributed by atoms with Gasteiger partial charge in [-0.05, 0) is 12.1 Å². The topological polar surface area (TPSA) is 88.4 Å². The van der Waals surface area contributed by atoms with Crippen molar-refractivity contribution in [1.29, 1.82) is 0 Å². The summed E-state index contributed by atoms with van der Waals surface area (Å²) in [6.45, 7) is 0. The van der Waals surface area contributed by atoms with Crippen LogP contribution in [0.3, 0.4) is 0 Å². The van der Waals surface area contributed by atoms with Gasteiger partial charge < -0.3 is 9.73 Å². The quantitative estimate of drug-likeness (QED) is 0.636. The van der Waals surface area contributed by atoms with E-state index in [9.17, 15) is 14.4 Å². The molecule has 78 valence electrons. The van der Waals surface area contributed by atoms with Gasteiger partial charge in [0.15, 0.2) is 5.76 Å². The Morgan fingerprint density at radius 3 is 2.87 bits per heavy atom. The van der Waals surface area contributed by atoms with E-state index in [1.807, 2.05) is 0 Å².